The first kappa shape index (κ1) is 24.0. The molecule has 3 aromatic rings. The van der Waals surface area contributed by atoms with E-state index in [0.29, 0.717) is 37.6 Å². The van der Waals surface area contributed by atoms with Gasteiger partial charge in [0.05, 0.1) is 11.4 Å². The fourth-order valence-electron chi connectivity index (χ4n) is 3.22. The number of nitrogens with one attached hydrogen (secondary N) is 2. The number of nitrogens with zero attached hydrogens (tertiary/aromatic N) is 1. The van der Waals surface area contributed by atoms with E-state index in [1.165, 1.54) is 0 Å². The van der Waals surface area contributed by atoms with Gasteiger partial charge in [-0.25, -0.2) is 0 Å². The Balaban J connectivity index is 1.38. The predicted molar refractivity (Wildman–Crippen MR) is 129 cm³/mol. The number of carboxylic acids is 1. The molecule has 3 N–H and O–H groups in total. The maximum Gasteiger partial charge on any atom is 0.321 e. The zero-order valence-electron chi connectivity index (χ0n) is 18.7. The first-order chi connectivity index (χ1) is 16.1. The number of carbonyl (C=O) groups is 1. The first-order valence-electron chi connectivity index (χ1n) is 10.8. The lowest BCUT2D eigenvalue weighted by Gasteiger charge is -2.14. The maximum atomic E-state index is 11.3. The number of likely N-dealkylation sites (N-methyl/N-ethyl adjacent to an activating group) is 1. The number of carboxylic acid groups (broad SMARTS) is 1. The van der Waals surface area contributed by atoms with E-state index in [1.54, 1.807) is 6.20 Å². The van der Waals surface area contributed by atoms with Gasteiger partial charge < -0.3 is 15.2 Å². The molecule has 172 valence electrons. The fourth-order valence-corrected chi connectivity index (χ4v) is 3.22. The van der Waals surface area contributed by atoms with Crippen molar-refractivity contribution in [1.82, 2.24) is 15.8 Å². The van der Waals surface area contributed by atoms with Gasteiger partial charge in [0.2, 0.25) is 0 Å². The number of rotatable bonds is 13. The van der Waals surface area contributed by atoms with Crippen molar-refractivity contribution in [3.8, 4) is 17.0 Å². The number of hydroxylamine groups is 1. The van der Waals surface area contributed by atoms with Crippen LogP contribution in [0.2, 0.25) is 0 Å². The van der Waals surface area contributed by atoms with Gasteiger partial charge in [-0.05, 0) is 48.4 Å². The van der Waals surface area contributed by atoms with E-state index >= 15 is 0 Å². The summed E-state index contributed by atoms with van der Waals surface area (Å²) in [6, 6.07) is 20.5. The van der Waals surface area contributed by atoms with Crippen molar-refractivity contribution in [2.24, 2.45) is 0 Å². The number of aliphatic carboxylic acids is 1. The third-order valence-electron chi connectivity index (χ3n) is 4.96. The molecule has 0 spiro atoms. The molecular weight excluding hydrogens is 418 g/mol. The molecule has 0 fully saturated rings. The van der Waals surface area contributed by atoms with Crippen LogP contribution in [-0.4, -0.2) is 41.9 Å². The van der Waals surface area contributed by atoms with E-state index in [9.17, 15) is 9.90 Å². The summed E-state index contributed by atoms with van der Waals surface area (Å²) >= 11 is 0. The van der Waals surface area contributed by atoms with Crippen molar-refractivity contribution in [3.63, 3.8) is 0 Å². The Hall–Kier alpha value is -3.68. The third kappa shape index (κ3) is 7.45. The molecule has 2 aromatic carbocycles. The second-order valence-corrected chi connectivity index (χ2v) is 7.37. The molecule has 1 heterocycles. The number of pyridine rings is 1. The van der Waals surface area contributed by atoms with E-state index in [4.69, 9.17) is 9.57 Å². The van der Waals surface area contributed by atoms with Gasteiger partial charge in [0.1, 0.15) is 25.0 Å². The van der Waals surface area contributed by atoms with Crippen molar-refractivity contribution in [2.75, 3.05) is 19.8 Å². The van der Waals surface area contributed by atoms with Crippen molar-refractivity contribution in [2.45, 2.75) is 19.4 Å². The zero-order chi connectivity index (χ0) is 23.5. The predicted octanol–water partition coefficient (Wildman–Crippen LogP) is 3.92. The minimum atomic E-state index is -0.854. The zero-order valence-corrected chi connectivity index (χ0v) is 18.7. The van der Waals surface area contributed by atoms with E-state index in [-0.39, 0.29) is 0 Å². The van der Waals surface area contributed by atoms with Crippen LogP contribution >= 0.6 is 0 Å². The Bertz CT molecular complexity index is 1020. The van der Waals surface area contributed by atoms with E-state index in [1.807, 2.05) is 73.7 Å². The molecule has 0 bridgehead atoms. The largest absolute Gasteiger partial charge is 0.491 e. The molecule has 0 saturated heterocycles. The summed E-state index contributed by atoms with van der Waals surface area (Å²) < 4.78 is 5.68. The third-order valence-corrected chi connectivity index (χ3v) is 4.96. The highest BCUT2D eigenvalue weighted by Crippen LogP contribution is 2.19. The van der Waals surface area contributed by atoms with Crippen LogP contribution in [0, 0.1) is 0 Å². The molecule has 0 aliphatic rings. The second-order valence-electron chi connectivity index (χ2n) is 7.37. The van der Waals surface area contributed by atoms with Gasteiger partial charge >= 0.3 is 5.97 Å². The summed E-state index contributed by atoms with van der Waals surface area (Å²) in [4.78, 5) is 21.1. The molecule has 3 rings (SSSR count). The number of benzene rings is 2. The highest BCUT2D eigenvalue weighted by Gasteiger charge is 2.16. The summed E-state index contributed by atoms with van der Waals surface area (Å²) in [7, 11) is 0. The topological polar surface area (TPSA) is 92.7 Å². The average molecular weight is 448 g/mol. The monoisotopic (exact) mass is 447 g/mol. The molecule has 1 aromatic heterocycles. The van der Waals surface area contributed by atoms with Crippen LogP contribution in [0.3, 0.4) is 0 Å². The van der Waals surface area contributed by atoms with Crippen LogP contribution in [-0.2, 0) is 16.1 Å². The van der Waals surface area contributed by atoms with Crippen LogP contribution in [0.25, 0.3) is 17.0 Å². The average Bonchev–Trinajstić information content (AvgIpc) is 2.85. The standard InChI is InChI=1S/C26H29N3O4/c1-3-27-25(26(30)31)18-20-7-13-23(14-8-20)32-16-17-33-29-19(2)21-9-11-22(12-10-21)24-6-4-5-15-28-24/h4-15,25,27,29H,2-3,16-18H2,1H3,(H,30,31). The molecule has 1 unspecified atom stereocenters. The van der Waals surface area contributed by atoms with E-state index in [0.717, 1.165) is 22.4 Å². The van der Waals surface area contributed by atoms with Gasteiger partial charge in [-0.1, -0.05) is 56.0 Å². The summed E-state index contributed by atoms with van der Waals surface area (Å²) in [5.41, 5.74) is 7.30. The van der Waals surface area contributed by atoms with Gasteiger partial charge in [-0.2, -0.15) is 0 Å². The molecule has 0 radical (unpaired) electrons. The van der Waals surface area contributed by atoms with Crippen molar-refractivity contribution in [1.29, 1.82) is 0 Å². The minimum absolute atomic E-state index is 0.328. The maximum absolute atomic E-state index is 11.3. The van der Waals surface area contributed by atoms with Crippen LogP contribution in [0.4, 0.5) is 0 Å². The minimum Gasteiger partial charge on any atom is -0.491 e. The summed E-state index contributed by atoms with van der Waals surface area (Å²) in [5, 5.41) is 12.2. The molecule has 7 heteroatoms. The highest BCUT2D eigenvalue weighted by atomic mass is 16.7. The number of hydrogen-bond donors (Lipinski definition) is 3. The molecule has 33 heavy (non-hydrogen) atoms. The smallest absolute Gasteiger partial charge is 0.321 e. The van der Waals surface area contributed by atoms with E-state index in [2.05, 4.69) is 22.4 Å². The molecular formula is C26H29N3O4. The van der Waals surface area contributed by atoms with E-state index < -0.39 is 12.0 Å². The number of aromatic nitrogens is 1. The lowest BCUT2D eigenvalue weighted by molar-refractivity contribution is -0.139. The Morgan fingerprint density at radius 3 is 2.45 bits per heavy atom. The van der Waals surface area contributed by atoms with Gasteiger partial charge in [0, 0.05) is 11.8 Å². The Morgan fingerprint density at radius 1 is 1.06 bits per heavy atom. The fraction of sp³-hybridized carbons (Fsp3) is 0.231. The van der Waals surface area contributed by atoms with Crippen molar-refractivity contribution in [3.05, 3.63) is 90.6 Å². The Kier molecular flexibility index (Phi) is 8.99. The first-order valence-corrected chi connectivity index (χ1v) is 10.8. The number of hydrogen-bond acceptors (Lipinski definition) is 6. The van der Waals surface area contributed by atoms with Crippen molar-refractivity contribution >= 4 is 11.7 Å². The number of ether oxygens (including phenoxy) is 1. The molecule has 7 nitrogen and oxygen atoms in total. The lowest BCUT2D eigenvalue weighted by atomic mass is 10.1. The SMILES string of the molecule is C=C(NOCCOc1ccc(CC(NCC)C(=O)O)cc1)c1ccc(-c2ccccn2)cc1. The molecule has 0 amide bonds. The quantitative estimate of drug-likeness (QED) is 0.270. The van der Waals surface area contributed by atoms with Crippen LogP contribution in [0.1, 0.15) is 18.1 Å². The summed E-state index contributed by atoms with van der Waals surface area (Å²) in [6.45, 7) is 7.18. The summed E-state index contributed by atoms with van der Waals surface area (Å²) in [6.07, 6.45) is 2.19. The molecule has 0 saturated carbocycles. The van der Waals surface area contributed by atoms with Gasteiger partial charge in [0.25, 0.3) is 0 Å². The Morgan fingerprint density at radius 2 is 1.82 bits per heavy atom. The molecule has 0 aliphatic carbocycles. The summed E-state index contributed by atoms with van der Waals surface area (Å²) in [5.74, 6) is -0.158. The van der Waals surface area contributed by atoms with Crippen LogP contribution in [0.5, 0.6) is 5.75 Å². The highest BCUT2D eigenvalue weighted by molar-refractivity contribution is 5.74. The molecule has 1 atom stereocenters. The van der Waals surface area contributed by atoms with Gasteiger partial charge in [-0.3, -0.25) is 20.1 Å². The Labute approximate surface area is 194 Å². The van der Waals surface area contributed by atoms with Crippen LogP contribution < -0.4 is 15.5 Å². The van der Waals surface area contributed by atoms with Crippen LogP contribution in [0.15, 0.2) is 79.5 Å². The van der Waals surface area contributed by atoms with Gasteiger partial charge in [-0.15, -0.1) is 0 Å². The molecule has 0 aliphatic heterocycles. The van der Waals surface area contributed by atoms with Gasteiger partial charge in [0.15, 0.2) is 0 Å². The van der Waals surface area contributed by atoms with Crippen molar-refractivity contribution < 1.29 is 19.5 Å². The lowest BCUT2D eigenvalue weighted by Crippen LogP contribution is -2.38. The normalized spacial score (nSPS) is 11.5. The second kappa shape index (κ2) is 12.4.